The molecule has 1 heterocycles. The van der Waals surface area contributed by atoms with E-state index in [0.717, 1.165) is 11.4 Å². The number of hydrogen-bond donors (Lipinski definition) is 0. The van der Waals surface area contributed by atoms with Crippen molar-refractivity contribution in [1.82, 2.24) is 20.2 Å². The van der Waals surface area contributed by atoms with E-state index < -0.39 is 0 Å². The highest BCUT2D eigenvalue weighted by atomic mass is 15.6. The fourth-order valence-electron chi connectivity index (χ4n) is 2.00. The summed E-state index contributed by atoms with van der Waals surface area (Å²) in [5.74, 6) is 0.603. The van der Waals surface area contributed by atoms with Crippen molar-refractivity contribution < 1.29 is 0 Å². The predicted octanol–water partition coefficient (Wildman–Crippen LogP) is 2.30. The Balaban J connectivity index is 1.97. The van der Waals surface area contributed by atoms with Crippen molar-refractivity contribution in [2.45, 2.75) is 0 Å². The fourth-order valence-corrected chi connectivity index (χ4v) is 2.00. The normalized spacial score (nSPS) is 10.1. The van der Waals surface area contributed by atoms with Crippen LogP contribution < -0.4 is 4.90 Å². The fraction of sp³-hybridized carbons (Fsp3) is 0.0667. The zero-order valence-electron chi connectivity index (χ0n) is 11.4. The van der Waals surface area contributed by atoms with Gasteiger partial charge in [-0.1, -0.05) is 23.3 Å². The molecule has 0 aliphatic carbocycles. The van der Waals surface area contributed by atoms with Crippen LogP contribution in [0, 0.1) is 11.3 Å². The summed E-state index contributed by atoms with van der Waals surface area (Å²) in [6.07, 6.45) is 0. The van der Waals surface area contributed by atoms with Crippen LogP contribution in [0.3, 0.4) is 0 Å². The van der Waals surface area contributed by atoms with Crippen LogP contribution in [0.5, 0.6) is 0 Å². The van der Waals surface area contributed by atoms with Crippen LogP contribution in [0.4, 0.5) is 11.6 Å². The maximum atomic E-state index is 8.84. The van der Waals surface area contributed by atoms with Crippen molar-refractivity contribution >= 4 is 11.6 Å². The minimum Gasteiger partial charge on any atom is -0.312 e. The molecule has 6 nitrogen and oxygen atoms in total. The summed E-state index contributed by atoms with van der Waals surface area (Å²) in [4.78, 5) is 1.87. The molecule has 0 atom stereocenters. The number of tetrazole rings is 1. The van der Waals surface area contributed by atoms with Crippen molar-refractivity contribution in [2.75, 3.05) is 11.9 Å². The summed E-state index contributed by atoms with van der Waals surface area (Å²) in [6, 6.07) is 19.0. The average Bonchev–Trinajstić information content (AvgIpc) is 3.04. The van der Waals surface area contributed by atoms with Crippen molar-refractivity contribution in [1.29, 1.82) is 5.26 Å². The molecule has 6 heteroatoms. The van der Waals surface area contributed by atoms with Crippen molar-refractivity contribution in [2.24, 2.45) is 0 Å². The Labute approximate surface area is 121 Å². The van der Waals surface area contributed by atoms with E-state index in [9.17, 15) is 0 Å². The summed E-state index contributed by atoms with van der Waals surface area (Å²) >= 11 is 0. The molecule has 0 aliphatic heterocycles. The Morgan fingerprint density at radius 2 is 1.76 bits per heavy atom. The predicted molar refractivity (Wildman–Crippen MR) is 78.4 cm³/mol. The molecule has 3 aromatic rings. The molecule has 2 aromatic carbocycles. The van der Waals surface area contributed by atoms with Gasteiger partial charge in [-0.25, -0.2) is 0 Å². The molecule has 0 unspecified atom stereocenters. The van der Waals surface area contributed by atoms with E-state index in [1.165, 1.54) is 0 Å². The number of anilines is 2. The van der Waals surface area contributed by atoms with Gasteiger partial charge in [-0.2, -0.15) is 9.94 Å². The molecule has 3 rings (SSSR count). The SMILES string of the molecule is CN(c1ccc(C#N)cc1)c1nnnn1-c1ccccc1. The first-order valence-electron chi connectivity index (χ1n) is 6.37. The van der Waals surface area contributed by atoms with E-state index >= 15 is 0 Å². The Morgan fingerprint density at radius 3 is 2.43 bits per heavy atom. The van der Waals surface area contributed by atoms with E-state index in [1.54, 1.807) is 16.8 Å². The van der Waals surface area contributed by atoms with Gasteiger partial charge in [0.2, 0.25) is 0 Å². The topological polar surface area (TPSA) is 70.6 Å². The summed E-state index contributed by atoms with van der Waals surface area (Å²) < 4.78 is 1.66. The molecular weight excluding hydrogens is 264 g/mol. The first-order chi connectivity index (χ1) is 10.3. The van der Waals surface area contributed by atoms with E-state index in [0.29, 0.717) is 11.5 Å². The van der Waals surface area contributed by atoms with E-state index in [-0.39, 0.29) is 0 Å². The Hall–Kier alpha value is -3.20. The van der Waals surface area contributed by atoms with Crippen LogP contribution in [-0.4, -0.2) is 27.3 Å². The van der Waals surface area contributed by atoms with E-state index in [4.69, 9.17) is 5.26 Å². The highest BCUT2D eigenvalue weighted by Gasteiger charge is 2.14. The second-order valence-electron chi connectivity index (χ2n) is 4.44. The lowest BCUT2D eigenvalue weighted by molar-refractivity contribution is 0.786. The molecule has 0 fully saturated rings. The number of benzene rings is 2. The van der Waals surface area contributed by atoms with Crippen molar-refractivity contribution in [3.05, 3.63) is 60.2 Å². The largest absolute Gasteiger partial charge is 0.312 e. The maximum Gasteiger partial charge on any atom is 0.254 e. The lowest BCUT2D eigenvalue weighted by Gasteiger charge is -2.17. The van der Waals surface area contributed by atoms with Gasteiger partial charge >= 0.3 is 0 Å². The monoisotopic (exact) mass is 276 g/mol. The minimum absolute atomic E-state index is 0.603. The molecule has 0 bridgehead atoms. The zero-order valence-corrected chi connectivity index (χ0v) is 11.4. The molecule has 0 spiro atoms. The summed E-state index contributed by atoms with van der Waals surface area (Å²) in [6.45, 7) is 0. The average molecular weight is 276 g/mol. The second-order valence-corrected chi connectivity index (χ2v) is 4.44. The molecule has 0 amide bonds. The maximum absolute atomic E-state index is 8.84. The van der Waals surface area contributed by atoms with Crippen LogP contribution in [0.25, 0.3) is 5.69 Å². The first-order valence-corrected chi connectivity index (χ1v) is 6.37. The van der Waals surface area contributed by atoms with Gasteiger partial charge in [0.05, 0.1) is 17.3 Å². The number of aromatic nitrogens is 4. The number of nitriles is 1. The van der Waals surface area contributed by atoms with Crippen LogP contribution in [0.2, 0.25) is 0 Å². The Morgan fingerprint density at radius 1 is 1.05 bits per heavy atom. The molecule has 0 N–H and O–H groups in total. The van der Waals surface area contributed by atoms with Crippen molar-refractivity contribution in [3.63, 3.8) is 0 Å². The summed E-state index contributed by atoms with van der Waals surface area (Å²) in [7, 11) is 1.88. The zero-order chi connectivity index (χ0) is 14.7. The van der Waals surface area contributed by atoms with Crippen LogP contribution >= 0.6 is 0 Å². The molecule has 0 saturated heterocycles. The number of hydrogen-bond acceptors (Lipinski definition) is 5. The number of nitrogens with zero attached hydrogens (tertiary/aromatic N) is 6. The number of para-hydroxylation sites is 1. The van der Waals surface area contributed by atoms with Gasteiger partial charge in [0.25, 0.3) is 5.95 Å². The lowest BCUT2D eigenvalue weighted by Crippen LogP contribution is -2.15. The minimum atomic E-state index is 0.603. The van der Waals surface area contributed by atoms with E-state index in [2.05, 4.69) is 21.6 Å². The van der Waals surface area contributed by atoms with Crippen molar-refractivity contribution in [3.8, 4) is 11.8 Å². The van der Waals surface area contributed by atoms with Gasteiger partial charge in [-0.15, -0.1) is 0 Å². The van der Waals surface area contributed by atoms with Gasteiger partial charge in [-0.05, 0) is 46.8 Å². The quantitative estimate of drug-likeness (QED) is 0.734. The lowest BCUT2D eigenvalue weighted by atomic mass is 10.2. The van der Waals surface area contributed by atoms with Gasteiger partial charge in [0.1, 0.15) is 0 Å². The Kier molecular flexibility index (Phi) is 3.31. The van der Waals surface area contributed by atoms with Crippen LogP contribution in [0.15, 0.2) is 54.6 Å². The highest BCUT2D eigenvalue weighted by molar-refractivity contribution is 5.58. The molecule has 0 radical (unpaired) electrons. The van der Waals surface area contributed by atoms with Crippen LogP contribution in [-0.2, 0) is 0 Å². The highest BCUT2D eigenvalue weighted by Crippen LogP contribution is 2.23. The van der Waals surface area contributed by atoms with Gasteiger partial charge in [0, 0.05) is 12.7 Å². The third kappa shape index (κ3) is 2.44. The van der Waals surface area contributed by atoms with E-state index in [1.807, 2.05) is 54.4 Å². The third-order valence-electron chi connectivity index (χ3n) is 3.14. The van der Waals surface area contributed by atoms with Crippen LogP contribution in [0.1, 0.15) is 5.56 Å². The molecule has 1 aromatic heterocycles. The van der Waals surface area contributed by atoms with Gasteiger partial charge < -0.3 is 4.90 Å². The molecule has 102 valence electrons. The molecule has 0 aliphatic rings. The molecule has 21 heavy (non-hydrogen) atoms. The standard InChI is InChI=1S/C15H12N6/c1-20(13-9-7-12(11-16)8-10-13)15-17-18-19-21(15)14-5-3-2-4-6-14/h2-10H,1H3. The Bertz CT molecular complexity index is 770. The number of rotatable bonds is 3. The smallest absolute Gasteiger partial charge is 0.254 e. The molecular formula is C15H12N6. The summed E-state index contributed by atoms with van der Waals surface area (Å²) in [5, 5.41) is 20.7. The second kappa shape index (κ2) is 5.43. The molecule has 0 saturated carbocycles. The third-order valence-corrected chi connectivity index (χ3v) is 3.14. The van der Waals surface area contributed by atoms with Gasteiger partial charge in [-0.3, -0.25) is 0 Å². The van der Waals surface area contributed by atoms with Gasteiger partial charge in [0.15, 0.2) is 0 Å². The summed E-state index contributed by atoms with van der Waals surface area (Å²) in [5.41, 5.74) is 2.41. The first kappa shape index (κ1) is 12.8.